The molecule has 0 fully saturated rings. The molecule has 18 heavy (non-hydrogen) atoms. The van der Waals surface area contributed by atoms with Gasteiger partial charge < -0.3 is 4.74 Å². The van der Waals surface area contributed by atoms with E-state index >= 15 is 0 Å². The standard InChI is InChI=1S/C12H12F3IO2/c1-2-18-10(17)7-6-8-4-3-5-9(11(8)16)12(13,14)15/h3-5H,2,6-7H2,1H3. The van der Waals surface area contributed by atoms with Crippen molar-refractivity contribution in [2.75, 3.05) is 6.61 Å². The van der Waals surface area contributed by atoms with Gasteiger partial charge in [-0.15, -0.1) is 0 Å². The van der Waals surface area contributed by atoms with Crippen LogP contribution in [0.25, 0.3) is 0 Å². The van der Waals surface area contributed by atoms with Crippen molar-refractivity contribution in [2.24, 2.45) is 0 Å². The van der Waals surface area contributed by atoms with Crippen molar-refractivity contribution in [1.82, 2.24) is 0 Å². The first-order chi connectivity index (χ1) is 8.36. The van der Waals surface area contributed by atoms with Crippen LogP contribution in [-0.4, -0.2) is 12.6 Å². The molecule has 100 valence electrons. The average Bonchev–Trinajstić information content (AvgIpc) is 2.26. The molecule has 2 nitrogen and oxygen atoms in total. The Morgan fingerprint density at radius 1 is 1.39 bits per heavy atom. The van der Waals surface area contributed by atoms with Gasteiger partial charge in [-0.2, -0.15) is 13.2 Å². The number of halogens is 4. The highest BCUT2D eigenvalue weighted by molar-refractivity contribution is 14.1. The van der Waals surface area contributed by atoms with E-state index in [-0.39, 0.29) is 23.0 Å². The number of hydrogen-bond acceptors (Lipinski definition) is 2. The van der Waals surface area contributed by atoms with E-state index < -0.39 is 17.7 Å². The van der Waals surface area contributed by atoms with E-state index in [0.29, 0.717) is 5.56 Å². The van der Waals surface area contributed by atoms with Gasteiger partial charge in [0.25, 0.3) is 0 Å². The van der Waals surface area contributed by atoms with Gasteiger partial charge in [-0.1, -0.05) is 12.1 Å². The smallest absolute Gasteiger partial charge is 0.417 e. The second-order valence-corrected chi connectivity index (χ2v) is 4.66. The van der Waals surface area contributed by atoms with E-state index in [1.807, 2.05) is 0 Å². The van der Waals surface area contributed by atoms with Crippen LogP contribution in [0.2, 0.25) is 0 Å². The summed E-state index contributed by atoms with van der Waals surface area (Å²) >= 11 is 1.66. The summed E-state index contributed by atoms with van der Waals surface area (Å²) in [5.74, 6) is -0.397. The van der Waals surface area contributed by atoms with E-state index in [4.69, 9.17) is 4.74 Å². The Morgan fingerprint density at radius 3 is 2.61 bits per heavy atom. The number of carbonyl (C=O) groups is 1. The molecule has 0 N–H and O–H groups in total. The van der Waals surface area contributed by atoms with Crippen molar-refractivity contribution >= 4 is 28.6 Å². The van der Waals surface area contributed by atoms with Gasteiger partial charge in [0.2, 0.25) is 0 Å². The van der Waals surface area contributed by atoms with Crippen LogP contribution in [0.1, 0.15) is 24.5 Å². The van der Waals surface area contributed by atoms with Gasteiger partial charge in [0.1, 0.15) is 0 Å². The third kappa shape index (κ3) is 4.15. The zero-order valence-electron chi connectivity index (χ0n) is 9.68. The Hall–Kier alpha value is -0.790. The molecule has 0 aliphatic carbocycles. The Kier molecular flexibility index (Phi) is 5.43. The quantitative estimate of drug-likeness (QED) is 0.594. The molecular weight excluding hydrogens is 360 g/mol. The maximum atomic E-state index is 12.7. The van der Waals surface area contributed by atoms with Crippen LogP contribution in [-0.2, 0) is 22.1 Å². The van der Waals surface area contributed by atoms with Gasteiger partial charge in [0.05, 0.1) is 12.2 Å². The van der Waals surface area contributed by atoms with E-state index in [9.17, 15) is 18.0 Å². The molecule has 0 atom stereocenters. The van der Waals surface area contributed by atoms with E-state index in [1.54, 1.807) is 35.6 Å². The van der Waals surface area contributed by atoms with Crippen LogP contribution in [0.15, 0.2) is 18.2 Å². The molecule has 0 saturated heterocycles. The SMILES string of the molecule is CCOC(=O)CCc1cccc(C(F)(F)F)c1I. The van der Waals surface area contributed by atoms with E-state index in [0.717, 1.165) is 6.07 Å². The maximum Gasteiger partial charge on any atom is 0.417 e. The molecule has 0 amide bonds. The Bertz CT molecular complexity index is 430. The number of benzene rings is 1. The minimum Gasteiger partial charge on any atom is -0.466 e. The fourth-order valence-corrected chi connectivity index (χ4v) is 2.40. The lowest BCUT2D eigenvalue weighted by molar-refractivity contribution is -0.143. The molecule has 0 aliphatic heterocycles. The highest BCUT2D eigenvalue weighted by Crippen LogP contribution is 2.34. The third-order valence-corrected chi connectivity index (χ3v) is 3.56. The molecule has 0 unspecified atom stereocenters. The van der Waals surface area contributed by atoms with Gasteiger partial charge in [-0.05, 0) is 47.6 Å². The summed E-state index contributed by atoms with van der Waals surface area (Å²) in [5.41, 5.74) is -0.150. The van der Waals surface area contributed by atoms with Crippen molar-refractivity contribution in [3.05, 3.63) is 32.9 Å². The topological polar surface area (TPSA) is 26.3 Å². The second kappa shape index (κ2) is 6.40. The number of alkyl halides is 3. The fraction of sp³-hybridized carbons (Fsp3) is 0.417. The molecule has 0 aromatic heterocycles. The number of esters is 1. The molecular formula is C12H12F3IO2. The van der Waals surface area contributed by atoms with Gasteiger partial charge in [-0.25, -0.2) is 0 Å². The molecule has 0 bridgehead atoms. The van der Waals surface area contributed by atoms with Crippen LogP contribution >= 0.6 is 22.6 Å². The lowest BCUT2D eigenvalue weighted by Crippen LogP contribution is -2.10. The fourth-order valence-electron chi connectivity index (χ4n) is 1.46. The molecule has 0 aliphatic rings. The third-order valence-electron chi connectivity index (χ3n) is 2.29. The number of aryl methyl sites for hydroxylation is 1. The predicted octanol–water partition coefficient (Wildman–Crippen LogP) is 3.81. The molecule has 0 radical (unpaired) electrons. The first-order valence-corrected chi connectivity index (χ1v) is 6.44. The van der Waals surface area contributed by atoms with Gasteiger partial charge >= 0.3 is 12.1 Å². The molecule has 1 aromatic carbocycles. The largest absolute Gasteiger partial charge is 0.466 e. The molecule has 0 heterocycles. The summed E-state index contributed by atoms with van der Waals surface area (Å²) in [6.45, 7) is 1.96. The van der Waals surface area contributed by atoms with E-state index in [2.05, 4.69) is 0 Å². The van der Waals surface area contributed by atoms with Crippen molar-refractivity contribution in [2.45, 2.75) is 25.9 Å². The molecule has 0 saturated carbocycles. The predicted molar refractivity (Wildman–Crippen MR) is 69.1 cm³/mol. The highest BCUT2D eigenvalue weighted by Gasteiger charge is 2.33. The zero-order valence-corrected chi connectivity index (χ0v) is 11.8. The van der Waals surface area contributed by atoms with Crippen molar-refractivity contribution < 1.29 is 22.7 Å². The zero-order chi connectivity index (χ0) is 13.8. The lowest BCUT2D eigenvalue weighted by Gasteiger charge is -2.12. The van der Waals surface area contributed by atoms with Crippen LogP contribution < -0.4 is 0 Å². The number of ether oxygens (including phenoxy) is 1. The van der Waals surface area contributed by atoms with Crippen LogP contribution in [0, 0.1) is 3.57 Å². The van der Waals surface area contributed by atoms with Gasteiger partial charge in [0.15, 0.2) is 0 Å². The van der Waals surface area contributed by atoms with Gasteiger partial charge in [-0.3, -0.25) is 4.79 Å². The summed E-state index contributed by atoms with van der Waals surface area (Å²) in [7, 11) is 0. The van der Waals surface area contributed by atoms with Crippen molar-refractivity contribution in [3.63, 3.8) is 0 Å². The number of hydrogen-bond donors (Lipinski definition) is 0. The first-order valence-electron chi connectivity index (χ1n) is 5.36. The van der Waals surface area contributed by atoms with Crippen LogP contribution in [0.3, 0.4) is 0 Å². The minimum atomic E-state index is -4.36. The summed E-state index contributed by atoms with van der Waals surface area (Å²) in [6.07, 6.45) is -4.03. The Morgan fingerprint density at radius 2 is 2.06 bits per heavy atom. The summed E-state index contributed by atoms with van der Waals surface area (Å²) in [6, 6.07) is 3.98. The normalized spacial score (nSPS) is 11.4. The number of rotatable bonds is 4. The minimum absolute atomic E-state index is 0.0884. The van der Waals surface area contributed by atoms with Crippen molar-refractivity contribution in [1.29, 1.82) is 0 Å². The second-order valence-electron chi connectivity index (χ2n) is 3.58. The van der Waals surface area contributed by atoms with Crippen molar-refractivity contribution in [3.8, 4) is 0 Å². The number of carbonyl (C=O) groups excluding carboxylic acids is 1. The summed E-state index contributed by atoms with van der Waals surface area (Å²) in [4.78, 5) is 11.2. The molecule has 1 aromatic rings. The van der Waals surface area contributed by atoms with Gasteiger partial charge in [0, 0.05) is 9.99 Å². The highest BCUT2D eigenvalue weighted by atomic mass is 127. The monoisotopic (exact) mass is 372 g/mol. The van der Waals surface area contributed by atoms with Crippen LogP contribution in [0.4, 0.5) is 13.2 Å². The van der Waals surface area contributed by atoms with E-state index in [1.165, 1.54) is 6.07 Å². The molecule has 1 rings (SSSR count). The Labute approximate surface area is 117 Å². The molecule has 6 heteroatoms. The summed E-state index contributed by atoms with van der Waals surface area (Å²) < 4.78 is 42.8. The molecule has 0 spiro atoms. The Balaban J connectivity index is 2.82. The van der Waals surface area contributed by atoms with Crippen LogP contribution in [0.5, 0.6) is 0 Å². The summed E-state index contributed by atoms with van der Waals surface area (Å²) in [5, 5.41) is 0. The lowest BCUT2D eigenvalue weighted by atomic mass is 10.1. The first kappa shape index (κ1) is 15.3. The maximum absolute atomic E-state index is 12.7. The average molecular weight is 372 g/mol.